The Bertz CT molecular complexity index is 489. The van der Waals surface area contributed by atoms with E-state index in [4.69, 9.17) is 10.2 Å². The number of benzene rings is 1. The van der Waals surface area contributed by atoms with Gasteiger partial charge in [0.2, 0.25) is 0 Å². The largest absolute Gasteiger partial charge is 0.460 e. The van der Waals surface area contributed by atoms with Gasteiger partial charge in [-0.15, -0.1) is 12.4 Å². The van der Waals surface area contributed by atoms with Crippen LogP contribution in [0, 0.1) is 5.41 Å². The summed E-state index contributed by atoms with van der Waals surface area (Å²) in [5.41, 5.74) is 6.86. The second kappa shape index (κ2) is 6.42. The number of para-hydroxylation sites is 1. The van der Waals surface area contributed by atoms with Crippen molar-refractivity contribution < 1.29 is 4.42 Å². The molecule has 0 saturated heterocycles. The van der Waals surface area contributed by atoms with E-state index in [1.54, 1.807) is 0 Å². The maximum Gasteiger partial charge on any atom is 0.134 e. The summed E-state index contributed by atoms with van der Waals surface area (Å²) in [4.78, 5) is 2.25. The van der Waals surface area contributed by atoms with Gasteiger partial charge in [0.15, 0.2) is 0 Å². The highest BCUT2D eigenvalue weighted by atomic mass is 35.5. The molecule has 0 spiro atoms. The van der Waals surface area contributed by atoms with E-state index < -0.39 is 0 Å². The Hall–Kier alpha value is -1.03. The molecule has 0 fully saturated rings. The predicted octanol–water partition coefficient (Wildman–Crippen LogP) is 3.27. The first-order valence-electron chi connectivity index (χ1n) is 6.36. The number of hydrogen-bond donors (Lipinski definition) is 1. The number of hydrogen-bond acceptors (Lipinski definition) is 3. The van der Waals surface area contributed by atoms with E-state index in [0.29, 0.717) is 6.54 Å². The summed E-state index contributed by atoms with van der Waals surface area (Å²) in [6.45, 7) is 6.83. The predicted molar refractivity (Wildman–Crippen MR) is 82.6 cm³/mol. The highest BCUT2D eigenvalue weighted by molar-refractivity contribution is 5.85. The first kappa shape index (κ1) is 16.0. The zero-order valence-electron chi connectivity index (χ0n) is 11.8. The molecule has 0 amide bonds. The van der Waals surface area contributed by atoms with Crippen molar-refractivity contribution in [3.05, 3.63) is 36.1 Å². The van der Waals surface area contributed by atoms with Crippen molar-refractivity contribution in [1.29, 1.82) is 0 Å². The molecule has 0 aliphatic heterocycles. The van der Waals surface area contributed by atoms with E-state index in [0.717, 1.165) is 24.4 Å². The molecule has 0 atom stereocenters. The number of nitrogens with zero attached hydrogens (tertiary/aromatic N) is 1. The number of furan rings is 1. The second-order valence-electron chi connectivity index (χ2n) is 5.79. The molecule has 1 aromatic carbocycles. The van der Waals surface area contributed by atoms with Crippen LogP contribution in [0.15, 0.2) is 34.7 Å². The van der Waals surface area contributed by atoms with Crippen molar-refractivity contribution in [2.24, 2.45) is 11.1 Å². The second-order valence-corrected chi connectivity index (χ2v) is 5.79. The monoisotopic (exact) mass is 282 g/mol. The average Bonchev–Trinajstić information content (AvgIpc) is 2.70. The molecule has 0 radical (unpaired) electrons. The lowest BCUT2D eigenvalue weighted by Crippen LogP contribution is -2.36. The molecule has 0 aliphatic rings. The molecule has 2 rings (SSSR count). The van der Waals surface area contributed by atoms with E-state index in [1.165, 1.54) is 5.39 Å². The lowest BCUT2D eigenvalue weighted by atomic mass is 9.93. The molecule has 2 aromatic rings. The minimum atomic E-state index is 0. The first-order valence-corrected chi connectivity index (χ1v) is 6.36. The number of nitrogens with two attached hydrogens (primary N) is 1. The first-order chi connectivity index (χ1) is 8.50. The van der Waals surface area contributed by atoms with Crippen LogP contribution in [0.4, 0.5) is 0 Å². The minimum Gasteiger partial charge on any atom is -0.460 e. The maximum atomic E-state index is 5.81. The zero-order chi connectivity index (χ0) is 13.2. The van der Waals surface area contributed by atoms with Crippen LogP contribution in [-0.2, 0) is 6.54 Å². The summed E-state index contributed by atoms with van der Waals surface area (Å²) in [5, 5.41) is 1.17. The Morgan fingerprint density at radius 3 is 2.58 bits per heavy atom. The lowest BCUT2D eigenvalue weighted by molar-refractivity contribution is 0.199. The van der Waals surface area contributed by atoms with Crippen LogP contribution in [0.1, 0.15) is 19.6 Å². The van der Waals surface area contributed by atoms with Crippen molar-refractivity contribution in [2.45, 2.75) is 20.4 Å². The quantitative estimate of drug-likeness (QED) is 0.915. The molecular weight excluding hydrogens is 260 g/mol. The van der Waals surface area contributed by atoms with Gasteiger partial charge >= 0.3 is 0 Å². The average molecular weight is 283 g/mol. The molecule has 0 saturated carbocycles. The summed E-state index contributed by atoms with van der Waals surface area (Å²) in [5.74, 6) is 1.01. The van der Waals surface area contributed by atoms with E-state index in [9.17, 15) is 0 Å². The smallest absolute Gasteiger partial charge is 0.134 e. The Morgan fingerprint density at radius 2 is 1.95 bits per heavy atom. The van der Waals surface area contributed by atoms with E-state index >= 15 is 0 Å². The third-order valence-electron chi connectivity index (χ3n) is 3.15. The topological polar surface area (TPSA) is 42.4 Å². The van der Waals surface area contributed by atoms with E-state index in [-0.39, 0.29) is 17.8 Å². The van der Waals surface area contributed by atoms with Crippen molar-refractivity contribution >= 4 is 23.4 Å². The lowest BCUT2D eigenvalue weighted by Gasteiger charge is -2.28. The van der Waals surface area contributed by atoms with Crippen LogP contribution in [0.5, 0.6) is 0 Å². The van der Waals surface area contributed by atoms with E-state index in [2.05, 4.69) is 37.9 Å². The highest BCUT2D eigenvalue weighted by Crippen LogP contribution is 2.21. The van der Waals surface area contributed by atoms with Crippen molar-refractivity contribution in [3.8, 4) is 0 Å². The molecule has 0 unspecified atom stereocenters. The molecule has 0 bridgehead atoms. The van der Waals surface area contributed by atoms with Gasteiger partial charge in [-0.2, -0.15) is 0 Å². The van der Waals surface area contributed by atoms with Crippen LogP contribution in [-0.4, -0.2) is 25.0 Å². The molecule has 3 nitrogen and oxygen atoms in total. The molecule has 0 aliphatic carbocycles. The van der Waals surface area contributed by atoms with Crippen LogP contribution < -0.4 is 5.73 Å². The molecule has 106 valence electrons. The van der Waals surface area contributed by atoms with Gasteiger partial charge in [-0.1, -0.05) is 32.0 Å². The fourth-order valence-corrected chi connectivity index (χ4v) is 2.23. The third kappa shape index (κ3) is 4.23. The Balaban J connectivity index is 0.00000180. The fraction of sp³-hybridized carbons (Fsp3) is 0.467. The van der Waals surface area contributed by atoms with Gasteiger partial charge in [0, 0.05) is 11.9 Å². The minimum absolute atomic E-state index is 0. The highest BCUT2D eigenvalue weighted by Gasteiger charge is 2.18. The number of fused-ring (bicyclic) bond motifs is 1. The maximum absolute atomic E-state index is 5.81. The fourth-order valence-electron chi connectivity index (χ4n) is 2.23. The van der Waals surface area contributed by atoms with E-state index in [1.807, 2.05) is 18.2 Å². The van der Waals surface area contributed by atoms with Gasteiger partial charge in [0.25, 0.3) is 0 Å². The molecule has 4 heteroatoms. The summed E-state index contributed by atoms with van der Waals surface area (Å²) >= 11 is 0. The van der Waals surface area contributed by atoms with Crippen LogP contribution in [0.2, 0.25) is 0 Å². The molecule has 2 N–H and O–H groups in total. The van der Waals surface area contributed by atoms with Crippen LogP contribution in [0.25, 0.3) is 11.0 Å². The molecule has 1 heterocycles. The van der Waals surface area contributed by atoms with Crippen molar-refractivity contribution in [3.63, 3.8) is 0 Å². The Labute approximate surface area is 121 Å². The zero-order valence-corrected chi connectivity index (χ0v) is 12.7. The van der Waals surface area contributed by atoms with Gasteiger partial charge in [0.05, 0.1) is 6.54 Å². The summed E-state index contributed by atoms with van der Waals surface area (Å²) in [6, 6.07) is 10.2. The normalized spacial score (nSPS) is 11.8. The van der Waals surface area contributed by atoms with Gasteiger partial charge < -0.3 is 10.2 Å². The molecular formula is C15H23ClN2O. The van der Waals surface area contributed by atoms with Crippen LogP contribution in [0.3, 0.4) is 0 Å². The third-order valence-corrected chi connectivity index (χ3v) is 3.15. The van der Waals surface area contributed by atoms with Gasteiger partial charge in [-0.05, 0) is 31.1 Å². The molecule has 1 aromatic heterocycles. The number of halogens is 1. The Morgan fingerprint density at radius 1 is 1.26 bits per heavy atom. The number of rotatable bonds is 5. The van der Waals surface area contributed by atoms with Gasteiger partial charge in [0.1, 0.15) is 11.3 Å². The van der Waals surface area contributed by atoms with Crippen molar-refractivity contribution in [1.82, 2.24) is 4.90 Å². The Kier molecular flexibility index (Phi) is 5.41. The summed E-state index contributed by atoms with van der Waals surface area (Å²) < 4.78 is 5.81. The molecule has 19 heavy (non-hydrogen) atoms. The van der Waals surface area contributed by atoms with Crippen LogP contribution >= 0.6 is 12.4 Å². The SMILES string of the molecule is CN(Cc1cc2ccccc2o1)CC(C)(C)CN.Cl. The van der Waals surface area contributed by atoms with Gasteiger partial charge in [-0.25, -0.2) is 0 Å². The summed E-state index contributed by atoms with van der Waals surface area (Å²) in [7, 11) is 2.10. The van der Waals surface area contributed by atoms with Gasteiger partial charge in [-0.3, -0.25) is 4.90 Å². The summed E-state index contributed by atoms with van der Waals surface area (Å²) in [6.07, 6.45) is 0. The standard InChI is InChI=1S/C15H22N2O.ClH/c1-15(2,10-16)11-17(3)9-13-8-12-6-4-5-7-14(12)18-13;/h4-8H,9-11,16H2,1-3H3;1H. The van der Waals surface area contributed by atoms with Crippen molar-refractivity contribution in [2.75, 3.05) is 20.1 Å².